The molecular weight excluding hydrogens is 360 g/mol. The van der Waals surface area contributed by atoms with Crippen LogP contribution in [0.1, 0.15) is 17.2 Å². The quantitative estimate of drug-likeness (QED) is 0.888. The van der Waals surface area contributed by atoms with Crippen LogP contribution in [0.5, 0.6) is 0 Å². The lowest BCUT2D eigenvalue weighted by atomic mass is 10.1. The summed E-state index contributed by atoms with van der Waals surface area (Å²) in [5.74, 6) is -0.277. The Morgan fingerprint density at radius 3 is 2.38 bits per heavy atom. The minimum absolute atomic E-state index is 0.277. The molecule has 0 aromatic heterocycles. The number of rotatable bonds is 3. The van der Waals surface area contributed by atoms with Gasteiger partial charge in [0.2, 0.25) is 0 Å². The van der Waals surface area contributed by atoms with E-state index >= 15 is 0 Å². The molecule has 0 saturated carbocycles. The zero-order chi connectivity index (χ0) is 12.5. The molecule has 0 aliphatic carbocycles. The van der Waals surface area contributed by atoms with Gasteiger partial charge in [0, 0.05) is 15.2 Å². The Balaban J connectivity index is 3.09. The molecule has 1 aromatic carbocycles. The number of halogens is 2. The van der Waals surface area contributed by atoms with Crippen LogP contribution in [-0.2, 0) is 9.84 Å². The van der Waals surface area contributed by atoms with Crippen LogP contribution < -0.4 is 0 Å². The van der Waals surface area contributed by atoms with Crippen molar-refractivity contribution in [3.05, 3.63) is 32.2 Å². The number of aliphatic hydroxyl groups is 1. The lowest BCUT2D eigenvalue weighted by Crippen LogP contribution is -2.13. The van der Waals surface area contributed by atoms with Crippen molar-refractivity contribution in [3.63, 3.8) is 0 Å². The summed E-state index contributed by atoms with van der Waals surface area (Å²) in [7, 11) is -3.20. The monoisotopic (exact) mass is 370 g/mol. The first-order chi connectivity index (χ1) is 7.20. The molecule has 0 bridgehead atoms. The minimum atomic E-state index is -3.20. The lowest BCUT2D eigenvalue weighted by Gasteiger charge is -2.13. The molecule has 0 saturated heterocycles. The van der Waals surface area contributed by atoms with Gasteiger partial charge in [-0.1, -0.05) is 31.9 Å². The van der Waals surface area contributed by atoms with Gasteiger partial charge in [-0.3, -0.25) is 0 Å². The van der Waals surface area contributed by atoms with Crippen LogP contribution in [0, 0.1) is 6.92 Å². The van der Waals surface area contributed by atoms with E-state index in [4.69, 9.17) is 0 Å². The maximum Gasteiger partial charge on any atom is 0.150 e. The van der Waals surface area contributed by atoms with Gasteiger partial charge < -0.3 is 5.11 Å². The molecule has 0 aliphatic rings. The van der Waals surface area contributed by atoms with Crippen molar-refractivity contribution in [2.75, 3.05) is 12.0 Å². The molecule has 0 radical (unpaired) electrons. The Bertz CT molecular complexity index is 497. The summed E-state index contributed by atoms with van der Waals surface area (Å²) < 4.78 is 23.7. The number of sulfone groups is 1. The second-order valence-corrected chi connectivity index (χ2v) is 7.62. The molecule has 0 aliphatic heterocycles. The number of aliphatic hydroxyl groups excluding tert-OH is 1. The second-order valence-electron chi connectivity index (χ2n) is 3.73. The fraction of sp³-hybridized carbons (Fsp3) is 0.400. The van der Waals surface area contributed by atoms with Gasteiger partial charge in [0.1, 0.15) is 9.84 Å². The molecule has 1 aromatic rings. The van der Waals surface area contributed by atoms with Gasteiger partial charge in [-0.05, 0) is 30.2 Å². The molecule has 90 valence electrons. The van der Waals surface area contributed by atoms with E-state index < -0.39 is 15.9 Å². The third-order valence-electron chi connectivity index (χ3n) is 2.10. The molecule has 0 heterocycles. The molecule has 16 heavy (non-hydrogen) atoms. The Kier molecular flexibility index (Phi) is 4.57. The van der Waals surface area contributed by atoms with Gasteiger partial charge in [-0.25, -0.2) is 8.42 Å². The van der Waals surface area contributed by atoms with E-state index in [-0.39, 0.29) is 5.75 Å². The molecule has 1 rings (SSSR count). The molecule has 3 nitrogen and oxygen atoms in total. The highest BCUT2D eigenvalue weighted by Gasteiger charge is 2.17. The van der Waals surface area contributed by atoms with Gasteiger partial charge in [0.15, 0.2) is 0 Å². The van der Waals surface area contributed by atoms with Crippen molar-refractivity contribution in [1.82, 2.24) is 0 Å². The van der Waals surface area contributed by atoms with Crippen molar-refractivity contribution >= 4 is 41.7 Å². The summed E-state index contributed by atoms with van der Waals surface area (Å²) in [6, 6.07) is 3.57. The molecular formula is C10H12Br2O3S. The zero-order valence-electron chi connectivity index (χ0n) is 8.87. The predicted octanol–water partition coefficient (Wildman–Crippen LogP) is 2.60. The fourth-order valence-corrected chi connectivity index (χ4v) is 3.13. The summed E-state index contributed by atoms with van der Waals surface area (Å²) >= 11 is 6.66. The van der Waals surface area contributed by atoms with E-state index in [1.807, 2.05) is 13.0 Å². The van der Waals surface area contributed by atoms with Crippen LogP contribution >= 0.6 is 31.9 Å². The normalized spacial score (nSPS) is 13.8. The number of aryl methyl sites for hydroxylation is 1. The Morgan fingerprint density at radius 1 is 1.31 bits per heavy atom. The van der Waals surface area contributed by atoms with Crippen molar-refractivity contribution in [1.29, 1.82) is 0 Å². The summed E-state index contributed by atoms with van der Waals surface area (Å²) in [6.45, 7) is 1.92. The Labute approximate surface area is 112 Å². The maximum atomic E-state index is 11.1. The van der Waals surface area contributed by atoms with E-state index in [0.717, 1.165) is 16.3 Å². The Hall–Kier alpha value is 0.0900. The molecule has 1 unspecified atom stereocenters. The van der Waals surface area contributed by atoms with Crippen LogP contribution in [0.25, 0.3) is 0 Å². The average Bonchev–Trinajstić information content (AvgIpc) is 2.08. The summed E-state index contributed by atoms with van der Waals surface area (Å²) in [6.07, 6.45) is 0.0918. The lowest BCUT2D eigenvalue weighted by molar-refractivity contribution is 0.201. The third-order valence-corrected chi connectivity index (χ3v) is 4.56. The van der Waals surface area contributed by atoms with Gasteiger partial charge in [-0.2, -0.15) is 0 Å². The first-order valence-electron chi connectivity index (χ1n) is 4.52. The molecule has 0 amide bonds. The molecule has 0 spiro atoms. The zero-order valence-corrected chi connectivity index (χ0v) is 12.9. The van der Waals surface area contributed by atoms with Crippen LogP contribution in [0.15, 0.2) is 21.1 Å². The van der Waals surface area contributed by atoms with Gasteiger partial charge in [0.05, 0.1) is 11.9 Å². The topological polar surface area (TPSA) is 54.4 Å². The second kappa shape index (κ2) is 5.16. The molecule has 0 fully saturated rings. The summed E-state index contributed by atoms with van der Waals surface area (Å²) in [5.41, 5.74) is 1.59. The van der Waals surface area contributed by atoms with E-state index in [9.17, 15) is 13.5 Å². The largest absolute Gasteiger partial charge is 0.387 e. The standard InChI is InChI=1S/C10H12Br2O3S/c1-6-3-9(12)7(4-8(6)11)10(13)5-16(2,14)15/h3-4,10,13H,5H2,1-2H3. The predicted molar refractivity (Wildman–Crippen MR) is 71.2 cm³/mol. The fourth-order valence-electron chi connectivity index (χ4n) is 1.29. The van der Waals surface area contributed by atoms with Crippen molar-refractivity contribution < 1.29 is 13.5 Å². The van der Waals surface area contributed by atoms with Crippen LogP contribution in [0.4, 0.5) is 0 Å². The minimum Gasteiger partial charge on any atom is -0.387 e. The van der Waals surface area contributed by atoms with E-state index in [2.05, 4.69) is 31.9 Å². The summed E-state index contributed by atoms with van der Waals surface area (Å²) in [4.78, 5) is 0. The maximum absolute atomic E-state index is 11.1. The van der Waals surface area contributed by atoms with Gasteiger partial charge >= 0.3 is 0 Å². The van der Waals surface area contributed by atoms with Crippen molar-refractivity contribution in [2.24, 2.45) is 0 Å². The first kappa shape index (κ1) is 14.2. The Morgan fingerprint density at radius 2 is 1.88 bits per heavy atom. The smallest absolute Gasteiger partial charge is 0.150 e. The van der Waals surface area contributed by atoms with Gasteiger partial charge in [0.25, 0.3) is 0 Å². The van der Waals surface area contributed by atoms with Crippen molar-refractivity contribution in [2.45, 2.75) is 13.0 Å². The molecule has 1 N–H and O–H groups in total. The highest BCUT2D eigenvalue weighted by molar-refractivity contribution is 9.11. The van der Waals surface area contributed by atoms with Gasteiger partial charge in [-0.15, -0.1) is 0 Å². The van der Waals surface area contributed by atoms with Crippen LogP contribution in [-0.4, -0.2) is 25.5 Å². The average molecular weight is 372 g/mol. The van der Waals surface area contributed by atoms with E-state index in [1.165, 1.54) is 0 Å². The van der Waals surface area contributed by atoms with E-state index in [0.29, 0.717) is 10.0 Å². The molecule has 1 atom stereocenters. The van der Waals surface area contributed by atoms with Crippen molar-refractivity contribution in [3.8, 4) is 0 Å². The first-order valence-corrected chi connectivity index (χ1v) is 8.16. The SMILES string of the molecule is Cc1cc(Br)c(C(O)CS(C)(=O)=O)cc1Br. The molecule has 6 heteroatoms. The highest BCUT2D eigenvalue weighted by Crippen LogP contribution is 2.30. The highest BCUT2D eigenvalue weighted by atomic mass is 79.9. The van der Waals surface area contributed by atoms with Crippen LogP contribution in [0.3, 0.4) is 0 Å². The summed E-state index contributed by atoms with van der Waals surface area (Å²) in [5, 5.41) is 9.82. The third kappa shape index (κ3) is 3.84. The number of benzene rings is 1. The number of hydrogen-bond acceptors (Lipinski definition) is 3. The van der Waals surface area contributed by atoms with E-state index in [1.54, 1.807) is 6.07 Å². The van der Waals surface area contributed by atoms with Crippen LogP contribution in [0.2, 0.25) is 0 Å². The number of hydrogen-bond donors (Lipinski definition) is 1.